The first-order valence-corrected chi connectivity index (χ1v) is 10.9. The molecule has 1 N–H and O–H groups in total. The van der Waals surface area contributed by atoms with Gasteiger partial charge in [-0.1, -0.05) is 30.3 Å². The molecular weight excluding hydrogens is 402 g/mol. The minimum atomic E-state index is 0.209. The standard InChI is InChI=1S/C26H21N3OS/c1-17-14-19(18(2)29(17)21-8-4-3-5-9-21)16-27-20-12-13-24(30)22(15-20)26-28-23-10-6-7-11-25(23)31-26/h3-16,30H,1-2H3. The van der Waals surface area contributed by atoms with Crippen LogP contribution >= 0.6 is 11.3 Å². The molecule has 5 heteroatoms. The highest BCUT2D eigenvalue weighted by molar-refractivity contribution is 7.21. The third kappa shape index (κ3) is 3.64. The van der Waals surface area contributed by atoms with E-state index in [4.69, 9.17) is 4.99 Å². The summed E-state index contributed by atoms with van der Waals surface area (Å²) in [5.74, 6) is 0.209. The van der Waals surface area contributed by atoms with Gasteiger partial charge in [0.2, 0.25) is 0 Å². The molecule has 2 aromatic heterocycles. The molecule has 0 fully saturated rings. The van der Waals surface area contributed by atoms with Crippen LogP contribution in [0.15, 0.2) is 83.9 Å². The molecule has 0 radical (unpaired) electrons. The summed E-state index contributed by atoms with van der Waals surface area (Å²) in [7, 11) is 0. The van der Waals surface area contributed by atoms with Gasteiger partial charge in [-0.2, -0.15) is 0 Å². The summed E-state index contributed by atoms with van der Waals surface area (Å²) in [5, 5.41) is 11.2. The molecular formula is C26H21N3OS. The molecule has 0 saturated carbocycles. The lowest BCUT2D eigenvalue weighted by atomic mass is 10.2. The van der Waals surface area contributed by atoms with E-state index in [0.29, 0.717) is 5.56 Å². The Morgan fingerprint density at radius 3 is 2.52 bits per heavy atom. The number of phenols is 1. The number of nitrogens with zero attached hydrogens (tertiary/aromatic N) is 3. The number of para-hydroxylation sites is 2. The van der Waals surface area contributed by atoms with Crippen LogP contribution in [0.3, 0.4) is 0 Å². The van der Waals surface area contributed by atoms with Crippen LogP contribution in [0.5, 0.6) is 5.75 Å². The number of aromatic nitrogens is 2. The van der Waals surface area contributed by atoms with Gasteiger partial charge >= 0.3 is 0 Å². The van der Waals surface area contributed by atoms with Gasteiger partial charge in [0.25, 0.3) is 0 Å². The molecule has 4 nitrogen and oxygen atoms in total. The third-order valence-electron chi connectivity index (χ3n) is 5.34. The van der Waals surface area contributed by atoms with E-state index in [-0.39, 0.29) is 5.75 Å². The fourth-order valence-corrected chi connectivity index (χ4v) is 4.79. The van der Waals surface area contributed by atoms with Crippen LogP contribution in [0.4, 0.5) is 5.69 Å². The smallest absolute Gasteiger partial charge is 0.128 e. The highest BCUT2D eigenvalue weighted by Crippen LogP contribution is 2.37. The highest BCUT2D eigenvalue weighted by Gasteiger charge is 2.12. The molecule has 0 amide bonds. The van der Waals surface area contributed by atoms with E-state index in [9.17, 15) is 5.11 Å². The van der Waals surface area contributed by atoms with Gasteiger partial charge in [-0.15, -0.1) is 11.3 Å². The van der Waals surface area contributed by atoms with Gasteiger partial charge in [0.05, 0.1) is 21.5 Å². The second-order valence-electron chi connectivity index (χ2n) is 7.44. The predicted molar refractivity (Wildman–Crippen MR) is 129 cm³/mol. The average molecular weight is 424 g/mol. The van der Waals surface area contributed by atoms with E-state index in [1.54, 1.807) is 17.4 Å². The Morgan fingerprint density at radius 1 is 0.935 bits per heavy atom. The maximum absolute atomic E-state index is 10.4. The van der Waals surface area contributed by atoms with Crippen molar-refractivity contribution >= 4 is 33.5 Å². The Balaban J connectivity index is 1.49. The summed E-state index contributed by atoms with van der Waals surface area (Å²) >= 11 is 1.57. The minimum absolute atomic E-state index is 0.209. The van der Waals surface area contributed by atoms with E-state index in [1.165, 1.54) is 0 Å². The normalized spacial score (nSPS) is 11.5. The molecule has 0 saturated heterocycles. The molecule has 0 spiro atoms. The number of hydrogen-bond acceptors (Lipinski definition) is 4. The van der Waals surface area contributed by atoms with Gasteiger partial charge in [-0.05, 0) is 62.4 Å². The zero-order valence-electron chi connectivity index (χ0n) is 17.3. The first-order valence-electron chi connectivity index (χ1n) is 10.1. The Hall–Kier alpha value is -3.70. The summed E-state index contributed by atoms with van der Waals surface area (Å²) in [4.78, 5) is 9.36. The van der Waals surface area contributed by atoms with Gasteiger partial charge in [0.1, 0.15) is 10.8 Å². The first kappa shape index (κ1) is 19.3. The summed E-state index contributed by atoms with van der Waals surface area (Å²) in [6, 6.07) is 25.8. The second-order valence-corrected chi connectivity index (χ2v) is 8.47. The van der Waals surface area contributed by atoms with Crippen molar-refractivity contribution in [1.82, 2.24) is 9.55 Å². The van der Waals surface area contributed by atoms with Crippen LogP contribution in [0, 0.1) is 13.8 Å². The highest BCUT2D eigenvalue weighted by atomic mass is 32.1. The molecule has 0 aliphatic rings. The Morgan fingerprint density at radius 2 is 1.71 bits per heavy atom. The van der Waals surface area contributed by atoms with Crippen LogP contribution in [-0.2, 0) is 0 Å². The number of rotatable bonds is 4. The fraction of sp³-hybridized carbons (Fsp3) is 0.0769. The zero-order chi connectivity index (χ0) is 21.4. The van der Waals surface area contributed by atoms with Crippen molar-refractivity contribution in [3.8, 4) is 22.0 Å². The number of aryl methyl sites for hydroxylation is 1. The summed E-state index contributed by atoms with van der Waals surface area (Å²) in [6.07, 6.45) is 1.89. The number of fused-ring (bicyclic) bond motifs is 1. The zero-order valence-corrected chi connectivity index (χ0v) is 18.1. The number of benzene rings is 3. The van der Waals surface area contributed by atoms with Crippen LogP contribution in [0.2, 0.25) is 0 Å². The van der Waals surface area contributed by atoms with Crippen molar-refractivity contribution < 1.29 is 5.11 Å². The van der Waals surface area contributed by atoms with Crippen molar-refractivity contribution in [1.29, 1.82) is 0 Å². The summed E-state index contributed by atoms with van der Waals surface area (Å²) in [6.45, 7) is 4.20. The molecule has 152 valence electrons. The van der Waals surface area contributed by atoms with Crippen molar-refractivity contribution in [2.75, 3.05) is 0 Å². The number of phenolic OH excluding ortho intramolecular Hbond substituents is 1. The number of aliphatic imine (C=N–C) groups is 1. The summed E-state index contributed by atoms with van der Waals surface area (Å²) in [5.41, 5.74) is 6.91. The van der Waals surface area contributed by atoms with Gasteiger partial charge in [-0.25, -0.2) is 4.98 Å². The lowest BCUT2D eigenvalue weighted by molar-refractivity contribution is 0.477. The van der Waals surface area contributed by atoms with Crippen molar-refractivity contribution in [3.63, 3.8) is 0 Å². The van der Waals surface area contributed by atoms with E-state index < -0.39 is 0 Å². The van der Waals surface area contributed by atoms with Gasteiger partial charge < -0.3 is 9.67 Å². The minimum Gasteiger partial charge on any atom is -0.507 e. The largest absolute Gasteiger partial charge is 0.507 e. The van der Waals surface area contributed by atoms with Gasteiger partial charge in [0.15, 0.2) is 0 Å². The summed E-state index contributed by atoms with van der Waals surface area (Å²) < 4.78 is 3.32. The van der Waals surface area contributed by atoms with E-state index in [0.717, 1.165) is 43.6 Å². The maximum Gasteiger partial charge on any atom is 0.128 e. The number of aromatic hydroxyl groups is 1. The van der Waals surface area contributed by atoms with Gasteiger partial charge in [0, 0.05) is 28.9 Å². The second kappa shape index (κ2) is 7.85. The van der Waals surface area contributed by atoms with E-state index in [2.05, 4.69) is 41.6 Å². The number of hydrogen-bond donors (Lipinski definition) is 1. The van der Waals surface area contributed by atoms with Crippen LogP contribution < -0.4 is 0 Å². The van der Waals surface area contributed by atoms with E-state index in [1.807, 2.05) is 60.8 Å². The van der Waals surface area contributed by atoms with Crippen molar-refractivity contribution in [2.45, 2.75) is 13.8 Å². The van der Waals surface area contributed by atoms with Crippen molar-refractivity contribution in [2.24, 2.45) is 4.99 Å². The van der Waals surface area contributed by atoms with E-state index >= 15 is 0 Å². The molecule has 0 bridgehead atoms. The SMILES string of the molecule is Cc1cc(C=Nc2ccc(O)c(-c3nc4ccccc4s3)c2)c(C)n1-c1ccccc1. The predicted octanol–water partition coefficient (Wildman–Crippen LogP) is 6.83. The topological polar surface area (TPSA) is 50.4 Å². The third-order valence-corrected chi connectivity index (χ3v) is 6.41. The Labute approximate surface area is 184 Å². The molecule has 31 heavy (non-hydrogen) atoms. The molecule has 0 atom stereocenters. The fourth-order valence-electron chi connectivity index (χ4n) is 3.80. The Bertz CT molecular complexity index is 1380. The molecule has 3 aromatic carbocycles. The monoisotopic (exact) mass is 423 g/mol. The maximum atomic E-state index is 10.4. The lowest BCUT2D eigenvalue weighted by Crippen LogP contribution is -1.98. The lowest BCUT2D eigenvalue weighted by Gasteiger charge is -2.09. The molecule has 5 rings (SSSR count). The van der Waals surface area contributed by atoms with Crippen LogP contribution in [0.1, 0.15) is 17.0 Å². The Kier molecular flexibility index (Phi) is 4.88. The molecule has 5 aromatic rings. The van der Waals surface area contributed by atoms with Gasteiger partial charge in [-0.3, -0.25) is 4.99 Å². The van der Waals surface area contributed by atoms with Crippen LogP contribution in [-0.4, -0.2) is 20.9 Å². The number of thiazole rings is 1. The molecule has 0 aliphatic carbocycles. The first-order chi connectivity index (χ1) is 15.1. The molecule has 0 unspecified atom stereocenters. The quantitative estimate of drug-likeness (QED) is 0.322. The van der Waals surface area contributed by atoms with Crippen LogP contribution in [0.25, 0.3) is 26.5 Å². The molecule has 0 aliphatic heterocycles. The molecule has 2 heterocycles. The average Bonchev–Trinajstić information content (AvgIpc) is 3.34. The van der Waals surface area contributed by atoms with Crippen molar-refractivity contribution in [3.05, 3.63) is 95.8 Å².